The highest BCUT2D eigenvalue weighted by molar-refractivity contribution is 6.31. The molecular formula is C13H17ClN2O3. The summed E-state index contributed by atoms with van der Waals surface area (Å²) in [5.74, 6) is -1.61. The normalized spacial score (nSPS) is 13.5. The van der Waals surface area contributed by atoms with Crippen LogP contribution in [0.3, 0.4) is 0 Å². The highest BCUT2D eigenvalue weighted by Crippen LogP contribution is 2.20. The van der Waals surface area contributed by atoms with Gasteiger partial charge >= 0.3 is 12.0 Å². The Bertz CT molecular complexity index is 491. The number of nitrogens with one attached hydrogen (secondary N) is 2. The van der Waals surface area contributed by atoms with E-state index in [-0.39, 0.29) is 0 Å². The van der Waals surface area contributed by atoms with Crippen LogP contribution in [0.15, 0.2) is 18.2 Å². The number of carbonyl (C=O) groups is 2. The number of hydrogen-bond donors (Lipinski definition) is 3. The Hall–Kier alpha value is -1.75. The van der Waals surface area contributed by atoms with Crippen molar-refractivity contribution >= 4 is 29.3 Å². The van der Waals surface area contributed by atoms with Crippen molar-refractivity contribution in [2.24, 2.45) is 5.92 Å². The van der Waals surface area contributed by atoms with Gasteiger partial charge in [0.05, 0.1) is 5.92 Å². The van der Waals surface area contributed by atoms with Crippen molar-refractivity contribution in [3.63, 3.8) is 0 Å². The summed E-state index contributed by atoms with van der Waals surface area (Å²) >= 11 is 5.85. The summed E-state index contributed by atoms with van der Waals surface area (Å²) in [4.78, 5) is 22.5. The van der Waals surface area contributed by atoms with Gasteiger partial charge in [0, 0.05) is 16.8 Å². The first-order chi connectivity index (χ1) is 8.81. The lowest BCUT2D eigenvalue weighted by molar-refractivity contribution is -0.141. The Labute approximate surface area is 117 Å². The van der Waals surface area contributed by atoms with Crippen LogP contribution < -0.4 is 10.6 Å². The summed E-state index contributed by atoms with van der Waals surface area (Å²) in [6, 6.07) is 4.24. The van der Waals surface area contributed by atoms with Gasteiger partial charge in [0.1, 0.15) is 0 Å². The van der Waals surface area contributed by atoms with E-state index in [9.17, 15) is 9.59 Å². The van der Waals surface area contributed by atoms with Crippen LogP contribution in [0.2, 0.25) is 5.02 Å². The van der Waals surface area contributed by atoms with E-state index < -0.39 is 24.0 Å². The second-order valence-corrected chi connectivity index (χ2v) is 4.91. The zero-order valence-electron chi connectivity index (χ0n) is 11.0. The maximum absolute atomic E-state index is 11.8. The first-order valence-corrected chi connectivity index (χ1v) is 6.25. The Morgan fingerprint density at radius 3 is 2.53 bits per heavy atom. The molecule has 5 nitrogen and oxygen atoms in total. The predicted octanol–water partition coefficient (Wildman–Crippen LogP) is 2.88. The molecule has 2 unspecified atom stereocenters. The number of benzene rings is 1. The van der Waals surface area contributed by atoms with Gasteiger partial charge in [-0.05, 0) is 38.5 Å². The molecule has 19 heavy (non-hydrogen) atoms. The summed E-state index contributed by atoms with van der Waals surface area (Å²) in [6.07, 6.45) is 0. The average Bonchev–Trinajstić information content (AvgIpc) is 2.32. The SMILES string of the molecule is Cc1ccc(Cl)cc1NC(=O)NC(C)C(C)C(=O)O. The van der Waals surface area contributed by atoms with Gasteiger partial charge in [-0.15, -0.1) is 0 Å². The highest BCUT2D eigenvalue weighted by Gasteiger charge is 2.21. The number of urea groups is 1. The smallest absolute Gasteiger partial charge is 0.319 e. The Balaban J connectivity index is 2.65. The molecule has 0 aromatic heterocycles. The second-order valence-electron chi connectivity index (χ2n) is 4.47. The van der Waals surface area contributed by atoms with Crippen LogP contribution in [0, 0.1) is 12.8 Å². The van der Waals surface area contributed by atoms with Gasteiger partial charge in [-0.3, -0.25) is 4.79 Å². The standard InChI is InChI=1S/C13H17ClN2O3/c1-7-4-5-10(14)6-11(7)16-13(19)15-9(3)8(2)12(17)18/h4-6,8-9H,1-3H3,(H,17,18)(H2,15,16,19). The van der Waals surface area contributed by atoms with E-state index in [2.05, 4.69) is 10.6 Å². The predicted molar refractivity (Wildman–Crippen MR) is 74.6 cm³/mol. The molecule has 1 aromatic carbocycles. The number of carboxylic acid groups (broad SMARTS) is 1. The van der Waals surface area contributed by atoms with E-state index in [1.807, 2.05) is 6.92 Å². The van der Waals surface area contributed by atoms with E-state index >= 15 is 0 Å². The molecule has 6 heteroatoms. The monoisotopic (exact) mass is 284 g/mol. The fraction of sp³-hybridized carbons (Fsp3) is 0.385. The molecule has 0 fully saturated rings. The molecule has 0 saturated carbocycles. The van der Waals surface area contributed by atoms with Crippen LogP contribution in [-0.4, -0.2) is 23.1 Å². The average molecular weight is 285 g/mol. The Morgan fingerprint density at radius 1 is 1.32 bits per heavy atom. The molecular weight excluding hydrogens is 268 g/mol. The molecule has 2 amide bonds. The molecule has 0 heterocycles. The van der Waals surface area contributed by atoms with Crippen LogP contribution in [0.25, 0.3) is 0 Å². The maximum Gasteiger partial charge on any atom is 0.319 e. The van der Waals surface area contributed by atoms with Gasteiger partial charge in [-0.1, -0.05) is 17.7 Å². The van der Waals surface area contributed by atoms with Gasteiger partial charge in [0.15, 0.2) is 0 Å². The molecule has 3 N–H and O–H groups in total. The van der Waals surface area contributed by atoms with Crippen molar-refractivity contribution < 1.29 is 14.7 Å². The minimum Gasteiger partial charge on any atom is -0.481 e. The molecule has 0 aliphatic rings. The zero-order valence-corrected chi connectivity index (χ0v) is 11.8. The summed E-state index contributed by atoms with van der Waals surface area (Å²) in [5, 5.41) is 14.6. The van der Waals surface area contributed by atoms with Crippen LogP contribution in [0.5, 0.6) is 0 Å². The molecule has 1 rings (SSSR count). The number of aliphatic carboxylic acids is 1. The first-order valence-electron chi connectivity index (χ1n) is 5.87. The third-order valence-electron chi connectivity index (χ3n) is 2.95. The van der Waals surface area contributed by atoms with E-state index in [1.165, 1.54) is 6.92 Å². The summed E-state index contributed by atoms with van der Waals surface area (Å²) in [6.45, 7) is 5.02. The van der Waals surface area contributed by atoms with Crippen LogP contribution >= 0.6 is 11.6 Å². The number of rotatable bonds is 4. The first kappa shape index (κ1) is 15.3. The van der Waals surface area contributed by atoms with Crippen LogP contribution in [0.4, 0.5) is 10.5 Å². The van der Waals surface area contributed by atoms with Crippen molar-refractivity contribution in [2.45, 2.75) is 26.8 Å². The summed E-state index contributed by atoms with van der Waals surface area (Å²) < 4.78 is 0. The van der Waals surface area contributed by atoms with Crippen molar-refractivity contribution in [3.8, 4) is 0 Å². The Morgan fingerprint density at radius 2 is 1.95 bits per heavy atom. The number of anilines is 1. The van der Waals surface area contributed by atoms with Crippen LogP contribution in [0.1, 0.15) is 19.4 Å². The molecule has 0 aliphatic heterocycles. The molecule has 1 aromatic rings. The molecule has 2 atom stereocenters. The molecule has 0 bridgehead atoms. The number of carboxylic acids is 1. The van der Waals surface area contributed by atoms with Crippen molar-refractivity contribution in [1.29, 1.82) is 0 Å². The summed E-state index contributed by atoms with van der Waals surface area (Å²) in [5.41, 5.74) is 1.47. The topological polar surface area (TPSA) is 78.4 Å². The number of amides is 2. The molecule has 0 spiro atoms. The van der Waals surface area contributed by atoms with E-state index in [0.29, 0.717) is 10.7 Å². The van der Waals surface area contributed by atoms with E-state index in [1.54, 1.807) is 25.1 Å². The Kier molecular flexibility index (Phi) is 5.18. The van der Waals surface area contributed by atoms with Crippen molar-refractivity contribution in [2.75, 3.05) is 5.32 Å². The van der Waals surface area contributed by atoms with Gasteiger partial charge in [0.25, 0.3) is 0 Å². The highest BCUT2D eigenvalue weighted by atomic mass is 35.5. The van der Waals surface area contributed by atoms with Gasteiger partial charge < -0.3 is 15.7 Å². The largest absolute Gasteiger partial charge is 0.481 e. The van der Waals surface area contributed by atoms with Gasteiger partial charge in [0.2, 0.25) is 0 Å². The molecule has 0 saturated heterocycles. The molecule has 0 radical (unpaired) electrons. The third-order valence-corrected chi connectivity index (χ3v) is 3.18. The number of aryl methyl sites for hydroxylation is 1. The second kappa shape index (κ2) is 6.43. The molecule has 104 valence electrons. The zero-order chi connectivity index (χ0) is 14.6. The fourth-order valence-electron chi connectivity index (χ4n) is 1.43. The minimum atomic E-state index is -0.952. The van der Waals surface area contributed by atoms with E-state index in [0.717, 1.165) is 5.56 Å². The van der Waals surface area contributed by atoms with Gasteiger partial charge in [-0.2, -0.15) is 0 Å². The van der Waals surface area contributed by atoms with E-state index in [4.69, 9.17) is 16.7 Å². The lowest BCUT2D eigenvalue weighted by atomic mass is 10.0. The number of halogens is 1. The summed E-state index contributed by atoms with van der Waals surface area (Å²) in [7, 11) is 0. The number of carbonyl (C=O) groups excluding carboxylic acids is 1. The lowest BCUT2D eigenvalue weighted by Gasteiger charge is -2.18. The maximum atomic E-state index is 11.8. The quantitative estimate of drug-likeness (QED) is 0.795. The third kappa shape index (κ3) is 4.44. The number of hydrogen-bond acceptors (Lipinski definition) is 2. The van der Waals surface area contributed by atoms with Crippen LogP contribution in [-0.2, 0) is 4.79 Å². The molecule has 0 aliphatic carbocycles. The fourth-order valence-corrected chi connectivity index (χ4v) is 1.61. The van der Waals surface area contributed by atoms with Crippen molar-refractivity contribution in [3.05, 3.63) is 28.8 Å². The lowest BCUT2D eigenvalue weighted by Crippen LogP contribution is -2.42. The van der Waals surface area contributed by atoms with Crippen molar-refractivity contribution in [1.82, 2.24) is 5.32 Å². The van der Waals surface area contributed by atoms with Gasteiger partial charge in [-0.25, -0.2) is 4.79 Å². The minimum absolute atomic E-state index is 0.453.